The van der Waals surface area contributed by atoms with E-state index in [4.69, 9.17) is 10.5 Å². The first-order valence-corrected chi connectivity index (χ1v) is 6.78. The van der Waals surface area contributed by atoms with E-state index >= 15 is 0 Å². The van der Waals surface area contributed by atoms with Crippen molar-refractivity contribution in [1.29, 1.82) is 0 Å². The highest BCUT2D eigenvalue weighted by Crippen LogP contribution is 2.51. The van der Waals surface area contributed by atoms with Crippen LogP contribution in [0.2, 0.25) is 0 Å². The molecule has 0 heterocycles. The Morgan fingerprint density at radius 3 is 2.72 bits per heavy atom. The molecule has 0 bridgehead atoms. The van der Waals surface area contributed by atoms with Crippen LogP contribution in [-0.2, 0) is 0 Å². The van der Waals surface area contributed by atoms with Crippen molar-refractivity contribution in [1.82, 2.24) is 0 Å². The predicted molar refractivity (Wildman–Crippen MR) is 77.0 cm³/mol. The molecule has 3 nitrogen and oxygen atoms in total. The Hall–Kier alpha value is -1.38. The van der Waals surface area contributed by atoms with Gasteiger partial charge in [-0.05, 0) is 30.2 Å². The van der Waals surface area contributed by atoms with E-state index in [9.17, 15) is 0 Å². The topological polar surface area (TPSA) is 47.3 Å². The van der Waals surface area contributed by atoms with Crippen molar-refractivity contribution in [3.63, 3.8) is 0 Å². The molecular weight excluding hydrogens is 224 g/mol. The maximum atomic E-state index is 5.89. The number of nitrogens with one attached hydrogen (secondary N) is 1. The quantitative estimate of drug-likeness (QED) is 0.757. The van der Waals surface area contributed by atoms with Crippen molar-refractivity contribution in [3.8, 4) is 5.75 Å². The fraction of sp³-hybridized carbons (Fsp3) is 0.600. The third kappa shape index (κ3) is 3.31. The van der Waals surface area contributed by atoms with Crippen LogP contribution in [0.5, 0.6) is 5.75 Å². The summed E-state index contributed by atoms with van der Waals surface area (Å²) in [5.74, 6) is 1.63. The molecular formula is C15H24N2O. The van der Waals surface area contributed by atoms with Gasteiger partial charge in [-0.25, -0.2) is 0 Å². The van der Waals surface area contributed by atoms with Crippen molar-refractivity contribution in [2.45, 2.75) is 33.6 Å². The van der Waals surface area contributed by atoms with Crippen LogP contribution < -0.4 is 15.8 Å². The average molecular weight is 248 g/mol. The number of hydrogen-bond donors (Lipinski definition) is 2. The zero-order valence-corrected chi connectivity index (χ0v) is 11.6. The van der Waals surface area contributed by atoms with Gasteiger partial charge in [0.15, 0.2) is 0 Å². The number of ether oxygens (including phenoxy) is 1. The second-order valence-corrected chi connectivity index (χ2v) is 5.91. The van der Waals surface area contributed by atoms with E-state index in [-0.39, 0.29) is 0 Å². The Morgan fingerprint density at radius 2 is 2.11 bits per heavy atom. The normalized spacial score (nSPS) is 20.5. The lowest BCUT2D eigenvalue weighted by Crippen LogP contribution is -2.07. The maximum absolute atomic E-state index is 5.89. The van der Waals surface area contributed by atoms with Crippen LogP contribution in [0.3, 0.4) is 0 Å². The van der Waals surface area contributed by atoms with Gasteiger partial charge in [0.25, 0.3) is 0 Å². The number of rotatable bonds is 6. The summed E-state index contributed by atoms with van der Waals surface area (Å²) in [5, 5.41) is 3.46. The minimum atomic E-state index is 0.509. The SMILES string of the molecule is CCCOc1cc(N)cc(NCC2CC2(C)C)c1. The van der Waals surface area contributed by atoms with Gasteiger partial charge in [0.05, 0.1) is 6.61 Å². The van der Waals surface area contributed by atoms with Gasteiger partial charge in [0.1, 0.15) is 5.75 Å². The summed E-state index contributed by atoms with van der Waals surface area (Å²) in [4.78, 5) is 0. The summed E-state index contributed by atoms with van der Waals surface area (Å²) in [6.45, 7) is 8.48. The summed E-state index contributed by atoms with van der Waals surface area (Å²) in [7, 11) is 0. The van der Waals surface area contributed by atoms with Crippen LogP contribution in [0.1, 0.15) is 33.6 Å². The van der Waals surface area contributed by atoms with E-state index < -0.39 is 0 Å². The van der Waals surface area contributed by atoms with Gasteiger partial charge in [-0.2, -0.15) is 0 Å². The zero-order chi connectivity index (χ0) is 13.2. The third-order valence-corrected chi connectivity index (χ3v) is 3.67. The fourth-order valence-electron chi connectivity index (χ4n) is 2.19. The first kappa shape index (κ1) is 13.1. The Balaban J connectivity index is 1.93. The molecule has 0 saturated heterocycles. The Bertz CT molecular complexity index is 415. The monoisotopic (exact) mass is 248 g/mol. The van der Waals surface area contributed by atoms with Gasteiger partial charge in [0.2, 0.25) is 0 Å². The molecule has 2 rings (SSSR count). The van der Waals surface area contributed by atoms with Crippen LogP contribution in [-0.4, -0.2) is 13.2 Å². The molecule has 1 saturated carbocycles. The number of benzene rings is 1. The smallest absolute Gasteiger partial charge is 0.123 e. The number of nitrogens with two attached hydrogens (primary N) is 1. The highest BCUT2D eigenvalue weighted by Gasteiger charge is 2.44. The summed E-state index contributed by atoms with van der Waals surface area (Å²) in [6, 6.07) is 5.87. The lowest BCUT2D eigenvalue weighted by molar-refractivity contribution is 0.318. The van der Waals surface area contributed by atoms with Crippen molar-refractivity contribution in [3.05, 3.63) is 18.2 Å². The maximum Gasteiger partial charge on any atom is 0.123 e. The summed E-state index contributed by atoms with van der Waals surface area (Å²) >= 11 is 0. The molecule has 1 atom stereocenters. The average Bonchev–Trinajstić information content (AvgIpc) is 2.91. The first-order chi connectivity index (χ1) is 8.51. The molecule has 0 radical (unpaired) electrons. The van der Waals surface area contributed by atoms with Crippen molar-refractivity contribution >= 4 is 11.4 Å². The summed E-state index contributed by atoms with van der Waals surface area (Å²) in [5.41, 5.74) is 8.21. The largest absolute Gasteiger partial charge is 0.493 e. The molecule has 1 fully saturated rings. The van der Waals surface area contributed by atoms with Crippen LogP contribution in [0, 0.1) is 11.3 Å². The number of hydrogen-bond acceptors (Lipinski definition) is 3. The molecule has 0 aliphatic heterocycles. The van der Waals surface area contributed by atoms with Crippen molar-refractivity contribution in [2.24, 2.45) is 11.3 Å². The summed E-state index contributed by atoms with van der Waals surface area (Å²) < 4.78 is 5.62. The Morgan fingerprint density at radius 1 is 1.39 bits per heavy atom. The second-order valence-electron chi connectivity index (χ2n) is 5.91. The standard InChI is InChI=1S/C15H24N2O/c1-4-5-18-14-7-12(16)6-13(8-14)17-10-11-9-15(11,2)3/h6-8,11,17H,4-5,9-10,16H2,1-3H3. The van der Waals surface area contributed by atoms with Crippen molar-refractivity contribution < 1.29 is 4.74 Å². The van der Waals surface area contributed by atoms with Gasteiger partial charge >= 0.3 is 0 Å². The van der Waals surface area contributed by atoms with E-state index in [1.165, 1.54) is 6.42 Å². The van der Waals surface area contributed by atoms with Crippen LogP contribution in [0.4, 0.5) is 11.4 Å². The van der Waals surface area contributed by atoms with Gasteiger partial charge in [-0.3, -0.25) is 0 Å². The predicted octanol–water partition coefficient (Wildman–Crippen LogP) is 3.52. The van der Waals surface area contributed by atoms with Crippen LogP contribution in [0.15, 0.2) is 18.2 Å². The molecule has 1 aromatic carbocycles. The molecule has 100 valence electrons. The molecule has 18 heavy (non-hydrogen) atoms. The van der Waals surface area contributed by atoms with Crippen LogP contribution >= 0.6 is 0 Å². The first-order valence-electron chi connectivity index (χ1n) is 6.78. The molecule has 1 unspecified atom stereocenters. The number of anilines is 2. The highest BCUT2D eigenvalue weighted by molar-refractivity contribution is 5.59. The Kier molecular flexibility index (Phi) is 3.69. The third-order valence-electron chi connectivity index (χ3n) is 3.67. The van der Waals surface area contributed by atoms with Crippen molar-refractivity contribution in [2.75, 3.05) is 24.2 Å². The molecule has 1 aromatic rings. The van der Waals surface area contributed by atoms with E-state index in [0.29, 0.717) is 5.41 Å². The lowest BCUT2D eigenvalue weighted by atomic mass is 10.1. The van der Waals surface area contributed by atoms with Gasteiger partial charge in [-0.15, -0.1) is 0 Å². The van der Waals surface area contributed by atoms with Crippen LogP contribution in [0.25, 0.3) is 0 Å². The molecule has 0 spiro atoms. The zero-order valence-electron chi connectivity index (χ0n) is 11.6. The van der Waals surface area contributed by atoms with Gasteiger partial charge in [0, 0.05) is 30.1 Å². The minimum Gasteiger partial charge on any atom is -0.493 e. The number of nitrogen functional groups attached to an aromatic ring is 1. The fourth-order valence-corrected chi connectivity index (χ4v) is 2.19. The molecule has 0 amide bonds. The highest BCUT2D eigenvalue weighted by atomic mass is 16.5. The van der Waals surface area contributed by atoms with E-state index in [1.807, 2.05) is 18.2 Å². The van der Waals surface area contributed by atoms with E-state index in [2.05, 4.69) is 26.1 Å². The molecule has 3 N–H and O–H groups in total. The van der Waals surface area contributed by atoms with E-state index in [1.54, 1.807) is 0 Å². The van der Waals surface area contributed by atoms with Gasteiger partial charge < -0.3 is 15.8 Å². The lowest BCUT2D eigenvalue weighted by Gasteiger charge is -2.11. The Labute approximate surface area is 110 Å². The minimum absolute atomic E-state index is 0.509. The second kappa shape index (κ2) is 5.09. The van der Waals surface area contributed by atoms with E-state index in [0.717, 1.165) is 42.6 Å². The molecule has 1 aliphatic carbocycles. The molecule has 1 aliphatic rings. The molecule has 3 heteroatoms. The molecule has 0 aromatic heterocycles. The van der Waals surface area contributed by atoms with Gasteiger partial charge in [-0.1, -0.05) is 20.8 Å². The summed E-state index contributed by atoms with van der Waals surface area (Å²) in [6.07, 6.45) is 2.31.